The number of hydrogen-bond acceptors (Lipinski definition) is 3. The lowest BCUT2D eigenvalue weighted by molar-refractivity contribution is 0.600. The lowest BCUT2D eigenvalue weighted by Gasteiger charge is -2.16. The van der Waals surface area contributed by atoms with Gasteiger partial charge in [-0.3, -0.25) is 4.72 Å². The Hall–Kier alpha value is -1.95. The second kappa shape index (κ2) is 7.97. The van der Waals surface area contributed by atoms with Crippen molar-refractivity contribution in [3.05, 3.63) is 82.4 Å². The molecule has 0 radical (unpaired) electrons. The highest BCUT2D eigenvalue weighted by molar-refractivity contribution is 7.99. The highest BCUT2D eigenvalue weighted by atomic mass is 35.5. The zero-order valence-electron chi connectivity index (χ0n) is 15.3. The molecule has 0 spiro atoms. The van der Waals surface area contributed by atoms with E-state index in [1.807, 2.05) is 75.4 Å². The minimum atomic E-state index is -3.70. The van der Waals surface area contributed by atoms with E-state index in [4.69, 9.17) is 11.6 Å². The van der Waals surface area contributed by atoms with Gasteiger partial charge in [-0.1, -0.05) is 53.2 Å². The average molecular weight is 418 g/mol. The van der Waals surface area contributed by atoms with Gasteiger partial charge in [-0.05, 0) is 68.3 Å². The molecule has 0 bridgehead atoms. The monoisotopic (exact) mass is 417 g/mol. The van der Waals surface area contributed by atoms with E-state index >= 15 is 0 Å². The third-order valence-electron chi connectivity index (χ3n) is 4.05. The summed E-state index contributed by atoms with van der Waals surface area (Å²) in [6, 6.07) is 18.6. The van der Waals surface area contributed by atoms with Gasteiger partial charge in [0.05, 0.1) is 10.6 Å². The lowest BCUT2D eigenvalue weighted by atomic mass is 10.1. The van der Waals surface area contributed by atoms with E-state index in [0.717, 1.165) is 26.5 Å². The number of benzene rings is 3. The first-order valence-electron chi connectivity index (χ1n) is 8.39. The van der Waals surface area contributed by atoms with E-state index < -0.39 is 10.0 Å². The number of sulfonamides is 1. The molecule has 3 aromatic carbocycles. The van der Waals surface area contributed by atoms with E-state index in [1.165, 1.54) is 11.8 Å². The largest absolute Gasteiger partial charge is 0.278 e. The number of aryl methyl sites for hydroxylation is 3. The summed E-state index contributed by atoms with van der Waals surface area (Å²) in [7, 11) is -3.70. The van der Waals surface area contributed by atoms with Crippen LogP contribution in [0.3, 0.4) is 0 Å². The molecular formula is C21H20ClNO2S2. The smallest absolute Gasteiger partial charge is 0.262 e. The second-order valence-corrected chi connectivity index (χ2v) is 9.56. The quantitative estimate of drug-likeness (QED) is 0.536. The van der Waals surface area contributed by atoms with Gasteiger partial charge in [0.25, 0.3) is 10.0 Å². The van der Waals surface area contributed by atoms with Gasteiger partial charge >= 0.3 is 0 Å². The fourth-order valence-electron chi connectivity index (χ4n) is 3.06. The van der Waals surface area contributed by atoms with Gasteiger partial charge in [-0.25, -0.2) is 8.42 Å². The summed E-state index contributed by atoms with van der Waals surface area (Å²) in [5.74, 6) is 0. The number of halogens is 1. The molecule has 0 aliphatic carbocycles. The van der Waals surface area contributed by atoms with Crippen molar-refractivity contribution in [2.45, 2.75) is 35.5 Å². The van der Waals surface area contributed by atoms with Gasteiger partial charge < -0.3 is 0 Å². The van der Waals surface area contributed by atoms with Crippen molar-refractivity contribution in [1.29, 1.82) is 0 Å². The van der Waals surface area contributed by atoms with Crippen LogP contribution in [-0.2, 0) is 10.0 Å². The maximum Gasteiger partial charge on any atom is 0.262 e. The molecule has 0 aromatic heterocycles. The number of nitrogens with one attached hydrogen (secondary N) is 1. The van der Waals surface area contributed by atoms with Crippen LogP contribution in [0, 0.1) is 20.8 Å². The molecule has 3 aromatic rings. The third-order valence-corrected chi connectivity index (χ3v) is 7.05. The molecule has 0 heterocycles. The molecule has 0 fully saturated rings. The summed E-state index contributed by atoms with van der Waals surface area (Å²) in [5.41, 5.74) is 3.07. The first kappa shape index (κ1) is 19.8. The standard InChI is InChI=1S/C21H20ClNO2S2/c1-14-12-15(2)21(16(3)13-14)27(24,25)23-19-6-4-5-7-20(19)26-18-10-8-17(22)9-11-18/h4-13,23H,1-3H3. The minimum absolute atomic E-state index is 0.333. The number of para-hydroxylation sites is 1. The Kier molecular flexibility index (Phi) is 5.84. The maximum atomic E-state index is 13.1. The van der Waals surface area contributed by atoms with Gasteiger partial charge in [-0.2, -0.15) is 0 Å². The first-order valence-corrected chi connectivity index (χ1v) is 11.1. The summed E-state index contributed by atoms with van der Waals surface area (Å²) in [6.07, 6.45) is 0. The van der Waals surface area contributed by atoms with Crippen molar-refractivity contribution in [1.82, 2.24) is 0 Å². The van der Waals surface area contributed by atoms with Crippen LogP contribution in [-0.4, -0.2) is 8.42 Å². The molecule has 0 unspecified atom stereocenters. The zero-order valence-corrected chi connectivity index (χ0v) is 17.7. The molecule has 1 N–H and O–H groups in total. The Morgan fingerprint density at radius 2 is 1.48 bits per heavy atom. The van der Waals surface area contributed by atoms with Crippen LogP contribution in [0.4, 0.5) is 5.69 Å². The molecule has 3 rings (SSSR count). The summed E-state index contributed by atoms with van der Waals surface area (Å²) in [4.78, 5) is 2.14. The van der Waals surface area contributed by atoms with E-state index in [1.54, 1.807) is 6.07 Å². The molecule has 0 aliphatic rings. The van der Waals surface area contributed by atoms with Crippen molar-refractivity contribution in [3.8, 4) is 0 Å². The van der Waals surface area contributed by atoms with Gasteiger partial charge in [-0.15, -0.1) is 0 Å². The Labute approximate surface area is 169 Å². The molecule has 6 heteroatoms. The molecule has 0 amide bonds. The summed E-state index contributed by atoms with van der Waals surface area (Å²) in [6.45, 7) is 5.60. The highest BCUT2D eigenvalue weighted by Crippen LogP contribution is 2.35. The average Bonchev–Trinajstić information content (AvgIpc) is 2.57. The molecular weight excluding hydrogens is 398 g/mol. The van der Waals surface area contributed by atoms with Crippen LogP contribution >= 0.6 is 23.4 Å². The van der Waals surface area contributed by atoms with Crippen LogP contribution in [0.25, 0.3) is 0 Å². The first-order chi connectivity index (χ1) is 12.8. The molecule has 140 valence electrons. The van der Waals surface area contributed by atoms with Gasteiger partial charge in [0.1, 0.15) is 0 Å². The van der Waals surface area contributed by atoms with Crippen molar-refractivity contribution in [2.75, 3.05) is 4.72 Å². The zero-order chi connectivity index (χ0) is 19.6. The van der Waals surface area contributed by atoms with Gasteiger partial charge in [0.2, 0.25) is 0 Å². The normalized spacial score (nSPS) is 11.4. The Morgan fingerprint density at radius 1 is 0.889 bits per heavy atom. The second-order valence-electron chi connectivity index (χ2n) is 6.39. The van der Waals surface area contributed by atoms with Crippen molar-refractivity contribution >= 4 is 39.1 Å². The van der Waals surface area contributed by atoms with Crippen molar-refractivity contribution in [3.63, 3.8) is 0 Å². The van der Waals surface area contributed by atoms with E-state index in [0.29, 0.717) is 15.6 Å². The number of anilines is 1. The maximum absolute atomic E-state index is 13.1. The summed E-state index contributed by atoms with van der Waals surface area (Å²) < 4.78 is 28.9. The molecule has 0 saturated heterocycles. The summed E-state index contributed by atoms with van der Waals surface area (Å²) >= 11 is 7.42. The number of hydrogen-bond donors (Lipinski definition) is 1. The van der Waals surface area contributed by atoms with E-state index in [-0.39, 0.29) is 0 Å². The molecule has 3 nitrogen and oxygen atoms in total. The molecule has 0 saturated carbocycles. The van der Waals surface area contributed by atoms with Gasteiger partial charge in [0.15, 0.2) is 0 Å². The highest BCUT2D eigenvalue weighted by Gasteiger charge is 2.21. The van der Waals surface area contributed by atoms with Crippen molar-refractivity contribution < 1.29 is 8.42 Å². The van der Waals surface area contributed by atoms with E-state index in [9.17, 15) is 8.42 Å². The Balaban J connectivity index is 1.95. The Bertz CT molecular complexity index is 1050. The predicted octanol–water partition coefficient (Wildman–Crippen LogP) is 6.22. The fourth-order valence-corrected chi connectivity index (χ4v) is 5.68. The predicted molar refractivity (Wildman–Crippen MR) is 113 cm³/mol. The SMILES string of the molecule is Cc1cc(C)c(S(=O)(=O)Nc2ccccc2Sc2ccc(Cl)cc2)c(C)c1. The van der Waals surface area contributed by atoms with Gasteiger partial charge in [0, 0.05) is 14.8 Å². The number of rotatable bonds is 5. The third kappa shape index (κ3) is 4.67. The minimum Gasteiger partial charge on any atom is -0.278 e. The van der Waals surface area contributed by atoms with Crippen LogP contribution in [0.5, 0.6) is 0 Å². The molecule has 27 heavy (non-hydrogen) atoms. The Morgan fingerprint density at radius 3 is 2.11 bits per heavy atom. The lowest BCUT2D eigenvalue weighted by Crippen LogP contribution is -2.16. The van der Waals surface area contributed by atoms with Crippen LogP contribution in [0.15, 0.2) is 75.4 Å². The van der Waals surface area contributed by atoms with Crippen molar-refractivity contribution in [2.24, 2.45) is 0 Å². The summed E-state index contributed by atoms with van der Waals surface area (Å²) in [5, 5.41) is 0.665. The fraction of sp³-hybridized carbons (Fsp3) is 0.143. The van der Waals surface area contributed by atoms with Crippen LogP contribution in [0.1, 0.15) is 16.7 Å². The molecule has 0 aliphatic heterocycles. The topological polar surface area (TPSA) is 46.2 Å². The van der Waals surface area contributed by atoms with Crippen LogP contribution in [0.2, 0.25) is 5.02 Å². The molecule has 0 atom stereocenters. The van der Waals surface area contributed by atoms with E-state index in [2.05, 4.69) is 4.72 Å². The van der Waals surface area contributed by atoms with Crippen LogP contribution < -0.4 is 4.72 Å².